The zero-order valence-corrected chi connectivity index (χ0v) is 13.3. The van der Waals surface area contributed by atoms with E-state index in [9.17, 15) is 5.11 Å². The molecule has 0 saturated heterocycles. The summed E-state index contributed by atoms with van der Waals surface area (Å²) in [6.07, 6.45) is 6.93. The first-order valence-electron chi connectivity index (χ1n) is 7.33. The molecule has 3 N–H and O–H groups in total. The van der Waals surface area contributed by atoms with Gasteiger partial charge in [-0.1, -0.05) is 30.5 Å². The summed E-state index contributed by atoms with van der Waals surface area (Å²) in [5.74, 6) is 0. The maximum atomic E-state index is 11.2. The van der Waals surface area contributed by atoms with Crippen LogP contribution in [-0.4, -0.2) is 17.3 Å². The SMILES string of the molecule is Cl.NCC[C@]12CCCC[C@@]1(O)CCc1cc(Cl)ccc12. The minimum atomic E-state index is -0.564. The van der Waals surface area contributed by atoms with Gasteiger partial charge in [0.05, 0.1) is 5.60 Å². The Morgan fingerprint density at radius 1 is 1.20 bits per heavy atom. The van der Waals surface area contributed by atoms with Crippen molar-refractivity contribution in [1.82, 2.24) is 0 Å². The van der Waals surface area contributed by atoms with E-state index in [0.717, 1.165) is 43.5 Å². The molecule has 0 amide bonds. The van der Waals surface area contributed by atoms with Gasteiger partial charge in [-0.2, -0.15) is 0 Å². The number of benzene rings is 1. The molecule has 0 unspecified atom stereocenters. The van der Waals surface area contributed by atoms with Crippen LogP contribution in [0.15, 0.2) is 18.2 Å². The zero-order chi connectivity index (χ0) is 13.5. The number of halogens is 2. The molecule has 1 fully saturated rings. The molecule has 4 heteroatoms. The summed E-state index contributed by atoms with van der Waals surface area (Å²) in [7, 11) is 0. The molecule has 20 heavy (non-hydrogen) atoms. The van der Waals surface area contributed by atoms with E-state index in [2.05, 4.69) is 12.1 Å². The molecule has 0 aliphatic heterocycles. The van der Waals surface area contributed by atoms with Crippen LogP contribution in [-0.2, 0) is 11.8 Å². The number of fused-ring (bicyclic) bond motifs is 3. The second kappa shape index (κ2) is 5.84. The predicted octanol–water partition coefficient (Wildman–Crippen LogP) is 3.60. The van der Waals surface area contributed by atoms with Crippen molar-refractivity contribution in [2.75, 3.05) is 6.54 Å². The van der Waals surface area contributed by atoms with Crippen molar-refractivity contribution in [3.63, 3.8) is 0 Å². The lowest BCUT2D eigenvalue weighted by atomic mass is 9.53. The van der Waals surface area contributed by atoms with Gasteiger partial charge in [0, 0.05) is 10.4 Å². The van der Waals surface area contributed by atoms with Crippen LogP contribution in [0.2, 0.25) is 5.02 Å². The summed E-state index contributed by atoms with van der Waals surface area (Å²) in [6, 6.07) is 6.16. The van der Waals surface area contributed by atoms with Gasteiger partial charge in [-0.25, -0.2) is 0 Å². The highest BCUT2D eigenvalue weighted by Crippen LogP contribution is 2.54. The molecular formula is C16H23Cl2NO. The Bertz CT molecular complexity index is 489. The number of aliphatic hydroxyl groups is 1. The smallest absolute Gasteiger partial charge is 0.0747 e. The highest BCUT2D eigenvalue weighted by molar-refractivity contribution is 6.30. The van der Waals surface area contributed by atoms with E-state index in [1.165, 1.54) is 17.5 Å². The number of hydrogen-bond acceptors (Lipinski definition) is 2. The Hall–Kier alpha value is -0.280. The van der Waals surface area contributed by atoms with E-state index in [0.29, 0.717) is 6.54 Å². The van der Waals surface area contributed by atoms with Gasteiger partial charge in [-0.3, -0.25) is 0 Å². The largest absolute Gasteiger partial charge is 0.389 e. The third kappa shape index (κ3) is 2.27. The van der Waals surface area contributed by atoms with E-state index in [-0.39, 0.29) is 17.8 Å². The fourth-order valence-electron chi connectivity index (χ4n) is 4.38. The minimum Gasteiger partial charge on any atom is -0.389 e. The van der Waals surface area contributed by atoms with Crippen molar-refractivity contribution < 1.29 is 5.11 Å². The average molecular weight is 316 g/mol. The summed E-state index contributed by atoms with van der Waals surface area (Å²) in [5.41, 5.74) is 7.78. The maximum Gasteiger partial charge on any atom is 0.0747 e. The van der Waals surface area contributed by atoms with Crippen LogP contribution in [0.25, 0.3) is 0 Å². The second-order valence-corrected chi connectivity index (χ2v) is 6.60. The van der Waals surface area contributed by atoms with Gasteiger partial charge in [0.2, 0.25) is 0 Å². The first-order valence-corrected chi connectivity index (χ1v) is 7.70. The van der Waals surface area contributed by atoms with Crippen LogP contribution in [0.4, 0.5) is 0 Å². The Morgan fingerprint density at radius 3 is 2.70 bits per heavy atom. The van der Waals surface area contributed by atoms with Gasteiger partial charge >= 0.3 is 0 Å². The molecule has 0 spiro atoms. The van der Waals surface area contributed by atoms with Crippen LogP contribution in [0.3, 0.4) is 0 Å². The van der Waals surface area contributed by atoms with Crippen LogP contribution in [0.1, 0.15) is 49.7 Å². The first-order chi connectivity index (χ1) is 9.11. The normalized spacial score (nSPS) is 31.9. The molecule has 0 heterocycles. The fourth-order valence-corrected chi connectivity index (χ4v) is 4.58. The summed E-state index contributed by atoms with van der Waals surface area (Å²) in [5, 5.41) is 12.0. The number of nitrogens with two attached hydrogens (primary N) is 1. The van der Waals surface area contributed by atoms with Crippen molar-refractivity contribution in [3.05, 3.63) is 34.3 Å². The monoisotopic (exact) mass is 315 g/mol. The van der Waals surface area contributed by atoms with Gasteiger partial charge in [-0.05, 0) is 61.9 Å². The lowest BCUT2D eigenvalue weighted by Gasteiger charge is -2.54. The van der Waals surface area contributed by atoms with Crippen LogP contribution in [0.5, 0.6) is 0 Å². The molecule has 2 aliphatic rings. The third-order valence-corrected chi connectivity index (χ3v) is 5.53. The van der Waals surface area contributed by atoms with Crippen molar-refractivity contribution >= 4 is 24.0 Å². The summed E-state index contributed by atoms with van der Waals surface area (Å²) in [4.78, 5) is 0. The maximum absolute atomic E-state index is 11.2. The Balaban J connectivity index is 0.00000147. The third-order valence-electron chi connectivity index (χ3n) is 5.30. The van der Waals surface area contributed by atoms with Crippen molar-refractivity contribution in [2.24, 2.45) is 5.73 Å². The molecule has 0 aromatic heterocycles. The lowest BCUT2D eigenvalue weighted by Crippen LogP contribution is -2.57. The molecule has 0 bridgehead atoms. The van der Waals surface area contributed by atoms with Crippen LogP contribution < -0.4 is 5.73 Å². The average Bonchev–Trinajstić information content (AvgIpc) is 2.39. The Labute approximate surface area is 132 Å². The molecule has 3 rings (SSSR count). The summed E-state index contributed by atoms with van der Waals surface area (Å²) >= 11 is 6.12. The van der Waals surface area contributed by atoms with Crippen LogP contribution in [0, 0.1) is 0 Å². The van der Waals surface area contributed by atoms with Crippen molar-refractivity contribution in [2.45, 2.75) is 56.0 Å². The number of hydrogen-bond donors (Lipinski definition) is 2. The quantitative estimate of drug-likeness (QED) is 0.876. The molecular weight excluding hydrogens is 293 g/mol. The standard InChI is InChI=1S/C16H22ClNO.ClH/c17-13-3-4-14-12(11-13)5-8-16(19)7-2-1-6-15(14,16)9-10-18;/h3-4,11,19H,1-2,5-10,18H2;1H/t15-,16+;/m0./s1. The van der Waals surface area contributed by atoms with E-state index in [4.69, 9.17) is 17.3 Å². The molecule has 2 aliphatic carbocycles. The molecule has 2 atom stereocenters. The van der Waals surface area contributed by atoms with E-state index >= 15 is 0 Å². The first kappa shape index (κ1) is 16.1. The molecule has 112 valence electrons. The Morgan fingerprint density at radius 2 is 1.95 bits per heavy atom. The second-order valence-electron chi connectivity index (χ2n) is 6.16. The van der Waals surface area contributed by atoms with E-state index < -0.39 is 5.60 Å². The van der Waals surface area contributed by atoms with Gasteiger partial charge in [0.15, 0.2) is 0 Å². The van der Waals surface area contributed by atoms with Gasteiger partial charge in [0.25, 0.3) is 0 Å². The number of aryl methyl sites for hydroxylation is 1. The minimum absolute atomic E-state index is 0. The van der Waals surface area contributed by atoms with Crippen molar-refractivity contribution in [3.8, 4) is 0 Å². The molecule has 1 aromatic rings. The highest BCUT2D eigenvalue weighted by Gasteiger charge is 2.54. The topological polar surface area (TPSA) is 46.2 Å². The van der Waals surface area contributed by atoms with Gasteiger partial charge < -0.3 is 10.8 Å². The van der Waals surface area contributed by atoms with E-state index in [1.54, 1.807) is 0 Å². The fraction of sp³-hybridized carbons (Fsp3) is 0.625. The van der Waals surface area contributed by atoms with Crippen molar-refractivity contribution in [1.29, 1.82) is 0 Å². The Kier molecular flexibility index (Phi) is 4.70. The zero-order valence-electron chi connectivity index (χ0n) is 11.7. The molecule has 2 nitrogen and oxygen atoms in total. The summed E-state index contributed by atoms with van der Waals surface area (Å²) in [6.45, 7) is 0.629. The van der Waals surface area contributed by atoms with E-state index in [1.807, 2.05) is 6.07 Å². The molecule has 0 radical (unpaired) electrons. The highest BCUT2D eigenvalue weighted by atomic mass is 35.5. The molecule has 1 aromatic carbocycles. The van der Waals surface area contributed by atoms with Crippen LogP contribution >= 0.6 is 24.0 Å². The number of rotatable bonds is 2. The molecule has 1 saturated carbocycles. The van der Waals surface area contributed by atoms with Gasteiger partial charge in [-0.15, -0.1) is 12.4 Å². The lowest BCUT2D eigenvalue weighted by molar-refractivity contribution is -0.0862. The predicted molar refractivity (Wildman–Crippen MR) is 85.8 cm³/mol. The summed E-state index contributed by atoms with van der Waals surface area (Å²) < 4.78 is 0. The van der Waals surface area contributed by atoms with Gasteiger partial charge in [0.1, 0.15) is 0 Å².